The highest BCUT2D eigenvalue weighted by Gasteiger charge is 2.07. The Bertz CT molecular complexity index is 710. The predicted molar refractivity (Wildman–Crippen MR) is 83.0 cm³/mol. The molecule has 0 aliphatic carbocycles. The van der Waals surface area contributed by atoms with Crippen LogP contribution in [0.25, 0.3) is 22.5 Å². The molecular weight excluding hydrogens is 246 g/mol. The Morgan fingerprint density at radius 1 is 0.800 bits per heavy atom. The van der Waals surface area contributed by atoms with Crippen molar-refractivity contribution in [3.05, 3.63) is 66.2 Å². The number of hydrogen-bond donors (Lipinski definition) is 1. The van der Waals surface area contributed by atoms with Crippen LogP contribution in [-0.4, -0.2) is 12.1 Å². The fourth-order valence-corrected chi connectivity index (χ4v) is 2.32. The van der Waals surface area contributed by atoms with Gasteiger partial charge in [-0.3, -0.25) is 0 Å². The number of aromatic nitrogens is 1. The normalized spacial score (nSPS) is 10.5. The van der Waals surface area contributed by atoms with E-state index in [1.807, 2.05) is 18.2 Å². The molecule has 1 N–H and O–H groups in total. The van der Waals surface area contributed by atoms with Crippen LogP contribution in [0.1, 0.15) is 5.56 Å². The summed E-state index contributed by atoms with van der Waals surface area (Å²) in [4.78, 5) is 3.46. The van der Waals surface area contributed by atoms with Gasteiger partial charge in [0.1, 0.15) is 5.75 Å². The van der Waals surface area contributed by atoms with E-state index >= 15 is 0 Å². The monoisotopic (exact) mass is 263 g/mol. The maximum Gasteiger partial charge on any atom is 0.128 e. The smallest absolute Gasteiger partial charge is 0.128 e. The summed E-state index contributed by atoms with van der Waals surface area (Å²) in [6, 6.07) is 20.7. The molecule has 0 unspecified atom stereocenters. The average molecular weight is 263 g/mol. The van der Waals surface area contributed by atoms with Gasteiger partial charge in [0.15, 0.2) is 0 Å². The van der Waals surface area contributed by atoms with Crippen molar-refractivity contribution < 1.29 is 4.74 Å². The van der Waals surface area contributed by atoms with Crippen LogP contribution in [0.3, 0.4) is 0 Å². The lowest BCUT2D eigenvalue weighted by atomic mass is 10.1. The Kier molecular flexibility index (Phi) is 3.30. The van der Waals surface area contributed by atoms with Crippen molar-refractivity contribution in [1.29, 1.82) is 0 Å². The van der Waals surface area contributed by atoms with Crippen LogP contribution in [-0.2, 0) is 0 Å². The maximum absolute atomic E-state index is 5.41. The Morgan fingerprint density at radius 3 is 2.25 bits per heavy atom. The topological polar surface area (TPSA) is 25.0 Å². The predicted octanol–water partition coefficient (Wildman–Crippen LogP) is 4.67. The first-order chi connectivity index (χ1) is 9.78. The zero-order valence-electron chi connectivity index (χ0n) is 11.7. The molecule has 0 aliphatic rings. The van der Waals surface area contributed by atoms with Gasteiger partial charge in [0.2, 0.25) is 0 Å². The summed E-state index contributed by atoms with van der Waals surface area (Å²) in [5.41, 5.74) is 5.72. The third kappa shape index (κ3) is 2.32. The number of hydrogen-bond acceptors (Lipinski definition) is 1. The van der Waals surface area contributed by atoms with E-state index in [-0.39, 0.29) is 0 Å². The molecule has 2 nitrogen and oxygen atoms in total. The van der Waals surface area contributed by atoms with Crippen LogP contribution >= 0.6 is 0 Å². The van der Waals surface area contributed by atoms with Gasteiger partial charge in [-0.1, -0.05) is 42.0 Å². The van der Waals surface area contributed by atoms with Gasteiger partial charge < -0.3 is 9.72 Å². The number of methoxy groups -OCH3 is 1. The first kappa shape index (κ1) is 12.5. The van der Waals surface area contributed by atoms with E-state index in [0.29, 0.717) is 0 Å². The molecule has 3 aromatic rings. The molecule has 0 aliphatic heterocycles. The summed E-state index contributed by atoms with van der Waals surface area (Å²) in [6.45, 7) is 2.10. The number of para-hydroxylation sites is 1. The molecule has 1 heterocycles. The van der Waals surface area contributed by atoms with Gasteiger partial charge in [-0.05, 0) is 36.8 Å². The van der Waals surface area contributed by atoms with Crippen molar-refractivity contribution in [2.24, 2.45) is 0 Å². The number of benzene rings is 2. The third-order valence-corrected chi connectivity index (χ3v) is 3.45. The second-order valence-corrected chi connectivity index (χ2v) is 4.85. The minimum atomic E-state index is 0.879. The third-order valence-electron chi connectivity index (χ3n) is 3.45. The fraction of sp³-hybridized carbons (Fsp3) is 0.111. The van der Waals surface area contributed by atoms with Crippen LogP contribution in [0, 0.1) is 6.92 Å². The summed E-state index contributed by atoms with van der Waals surface area (Å²) in [5.74, 6) is 0.879. The Hall–Kier alpha value is -2.48. The van der Waals surface area contributed by atoms with E-state index in [2.05, 4.69) is 54.4 Å². The van der Waals surface area contributed by atoms with E-state index < -0.39 is 0 Å². The van der Waals surface area contributed by atoms with Gasteiger partial charge in [-0.15, -0.1) is 0 Å². The zero-order valence-corrected chi connectivity index (χ0v) is 11.7. The average Bonchev–Trinajstić information content (AvgIpc) is 2.97. The molecule has 0 saturated heterocycles. The molecule has 3 rings (SSSR count). The number of rotatable bonds is 3. The number of H-pyrrole nitrogens is 1. The Balaban J connectivity index is 2.00. The Labute approximate surface area is 119 Å². The number of nitrogens with one attached hydrogen (secondary N) is 1. The number of ether oxygens (including phenoxy) is 1. The number of aromatic amines is 1. The summed E-state index contributed by atoms with van der Waals surface area (Å²) < 4.78 is 5.41. The van der Waals surface area contributed by atoms with Gasteiger partial charge in [-0.25, -0.2) is 0 Å². The quantitative estimate of drug-likeness (QED) is 0.730. The lowest BCUT2D eigenvalue weighted by Gasteiger charge is -2.06. The van der Waals surface area contributed by atoms with Crippen molar-refractivity contribution in [2.45, 2.75) is 6.92 Å². The molecule has 0 amide bonds. The van der Waals surface area contributed by atoms with Crippen molar-refractivity contribution in [3.63, 3.8) is 0 Å². The SMILES string of the molecule is COc1ccccc1-c1ccc(-c2ccc(C)cc2)[nH]1. The molecule has 0 spiro atoms. The van der Waals surface area contributed by atoms with E-state index in [9.17, 15) is 0 Å². The molecule has 1 aromatic heterocycles. The van der Waals surface area contributed by atoms with Crippen molar-refractivity contribution in [2.75, 3.05) is 7.11 Å². The molecule has 2 heteroatoms. The maximum atomic E-state index is 5.41. The van der Waals surface area contributed by atoms with Gasteiger partial charge in [0.05, 0.1) is 7.11 Å². The molecule has 2 aromatic carbocycles. The molecule has 0 fully saturated rings. The van der Waals surface area contributed by atoms with Crippen molar-refractivity contribution >= 4 is 0 Å². The van der Waals surface area contributed by atoms with E-state index in [1.165, 1.54) is 11.1 Å². The van der Waals surface area contributed by atoms with Crippen LogP contribution < -0.4 is 4.74 Å². The van der Waals surface area contributed by atoms with Crippen LogP contribution in [0.15, 0.2) is 60.7 Å². The van der Waals surface area contributed by atoms with E-state index in [0.717, 1.165) is 22.7 Å². The molecular formula is C18H17NO. The lowest BCUT2D eigenvalue weighted by Crippen LogP contribution is -1.87. The fourth-order valence-electron chi connectivity index (χ4n) is 2.32. The summed E-state index contributed by atoms with van der Waals surface area (Å²) in [6.07, 6.45) is 0. The van der Waals surface area contributed by atoms with Gasteiger partial charge in [0.25, 0.3) is 0 Å². The van der Waals surface area contributed by atoms with E-state index in [4.69, 9.17) is 4.74 Å². The molecule has 100 valence electrons. The van der Waals surface area contributed by atoms with Crippen molar-refractivity contribution in [3.8, 4) is 28.3 Å². The summed E-state index contributed by atoms with van der Waals surface area (Å²) in [7, 11) is 1.70. The molecule has 20 heavy (non-hydrogen) atoms. The highest BCUT2D eigenvalue weighted by Crippen LogP contribution is 2.31. The standard InChI is InChI=1S/C18H17NO/c1-13-7-9-14(10-8-13)16-11-12-17(19-16)15-5-3-4-6-18(15)20-2/h3-12,19H,1-2H3. The van der Waals surface area contributed by atoms with Gasteiger partial charge in [0, 0.05) is 17.0 Å². The summed E-state index contributed by atoms with van der Waals surface area (Å²) in [5, 5.41) is 0. The van der Waals surface area contributed by atoms with Crippen LogP contribution in [0.5, 0.6) is 5.75 Å². The summed E-state index contributed by atoms with van der Waals surface area (Å²) >= 11 is 0. The minimum absolute atomic E-state index is 0.879. The molecule has 0 saturated carbocycles. The highest BCUT2D eigenvalue weighted by molar-refractivity contribution is 5.72. The van der Waals surface area contributed by atoms with Crippen LogP contribution in [0.4, 0.5) is 0 Å². The second-order valence-electron chi connectivity index (χ2n) is 4.85. The lowest BCUT2D eigenvalue weighted by molar-refractivity contribution is 0.416. The zero-order chi connectivity index (χ0) is 13.9. The second kappa shape index (κ2) is 5.25. The first-order valence-corrected chi connectivity index (χ1v) is 6.67. The highest BCUT2D eigenvalue weighted by atomic mass is 16.5. The van der Waals surface area contributed by atoms with Gasteiger partial charge in [-0.2, -0.15) is 0 Å². The molecule has 0 atom stereocenters. The van der Waals surface area contributed by atoms with Crippen LogP contribution in [0.2, 0.25) is 0 Å². The number of aryl methyl sites for hydroxylation is 1. The van der Waals surface area contributed by atoms with Crippen molar-refractivity contribution in [1.82, 2.24) is 4.98 Å². The minimum Gasteiger partial charge on any atom is -0.496 e. The first-order valence-electron chi connectivity index (χ1n) is 6.67. The molecule has 0 bridgehead atoms. The Morgan fingerprint density at radius 2 is 1.50 bits per heavy atom. The van der Waals surface area contributed by atoms with E-state index in [1.54, 1.807) is 7.11 Å². The molecule has 0 radical (unpaired) electrons. The van der Waals surface area contributed by atoms with Gasteiger partial charge >= 0.3 is 0 Å². The largest absolute Gasteiger partial charge is 0.496 e.